The molecule has 132 valence electrons. The molecule has 0 spiro atoms. The van der Waals surface area contributed by atoms with Gasteiger partial charge < -0.3 is 25.8 Å². The van der Waals surface area contributed by atoms with Gasteiger partial charge in [0.15, 0.2) is 11.5 Å². The summed E-state index contributed by atoms with van der Waals surface area (Å²) in [6.07, 6.45) is 0.111. The van der Waals surface area contributed by atoms with Gasteiger partial charge in [0.1, 0.15) is 11.8 Å². The number of aliphatic carboxylic acids is 1. The van der Waals surface area contributed by atoms with Gasteiger partial charge in [0, 0.05) is 18.9 Å². The van der Waals surface area contributed by atoms with Crippen LogP contribution in [0.1, 0.15) is 23.6 Å². The maximum Gasteiger partial charge on any atom is 0.320 e. The molecule has 0 radical (unpaired) electrons. The number of ether oxygens (including phenoxy) is 1. The number of phenols is 2. The van der Waals surface area contributed by atoms with Crippen molar-refractivity contribution in [3.05, 3.63) is 53.1 Å². The Labute approximate surface area is 144 Å². The summed E-state index contributed by atoms with van der Waals surface area (Å²) >= 11 is 0. The van der Waals surface area contributed by atoms with E-state index >= 15 is 0 Å². The summed E-state index contributed by atoms with van der Waals surface area (Å²) in [4.78, 5) is 22.2. The fourth-order valence-corrected chi connectivity index (χ4v) is 2.47. The van der Waals surface area contributed by atoms with Gasteiger partial charge in [-0.2, -0.15) is 0 Å². The Bertz CT molecular complexity index is 802. The second-order valence-electron chi connectivity index (χ2n) is 5.60. The lowest BCUT2D eigenvalue weighted by molar-refractivity contribution is -0.138. The predicted molar refractivity (Wildman–Crippen MR) is 89.6 cm³/mol. The van der Waals surface area contributed by atoms with Gasteiger partial charge >= 0.3 is 11.9 Å². The third kappa shape index (κ3) is 4.48. The Morgan fingerprint density at radius 1 is 1.12 bits per heavy atom. The van der Waals surface area contributed by atoms with Crippen molar-refractivity contribution in [2.45, 2.75) is 25.8 Å². The third-order valence-electron chi connectivity index (χ3n) is 3.71. The van der Waals surface area contributed by atoms with Crippen LogP contribution in [0.5, 0.6) is 17.2 Å². The molecule has 7 heteroatoms. The second kappa shape index (κ2) is 7.67. The normalized spacial score (nSPS) is 11.8. The summed E-state index contributed by atoms with van der Waals surface area (Å²) in [5.41, 5.74) is 7.00. The van der Waals surface area contributed by atoms with Crippen LogP contribution in [0.2, 0.25) is 0 Å². The number of carboxylic acids is 1. The van der Waals surface area contributed by atoms with Crippen molar-refractivity contribution in [3.8, 4) is 17.2 Å². The van der Waals surface area contributed by atoms with Crippen LogP contribution in [0.4, 0.5) is 0 Å². The van der Waals surface area contributed by atoms with Crippen LogP contribution < -0.4 is 10.5 Å². The summed E-state index contributed by atoms with van der Waals surface area (Å²) in [5, 5.41) is 29.0. The van der Waals surface area contributed by atoms with Crippen LogP contribution in [-0.4, -0.2) is 33.3 Å². The molecular formula is C18H19NO6. The molecule has 2 rings (SSSR count). The Hall–Kier alpha value is -3.06. The zero-order chi connectivity index (χ0) is 18.6. The summed E-state index contributed by atoms with van der Waals surface area (Å²) in [7, 11) is 0. The molecule has 25 heavy (non-hydrogen) atoms. The average Bonchev–Trinajstić information content (AvgIpc) is 2.55. The molecule has 0 fully saturated rings. The molecule has 0 aromatic heterocycles. The van der Waals surface area contributed by atoms with Crippen LogP contribution in [0.3, 0.4) is 0 Å². The molecule has 0 aliphatic carbocycles. The topological polar surface area (TPSA) is 130 Å². The van der Waals surface area contributed by atoms with Gasteiger partial charge in [-0.3, -0.25) is 9.59 Å². The number of nitrogens with two attached hydrogens (primary N) is 1. The number of carboxylic acid groups (broad SMARTS) is 1. The number of phenolic OH excluding ortho intramolecular Hbond substituents is 2. The Kier molecular flexibility index (Phi) is 5.61. The SMILES string of the molecule is CC(=O)Oc1ccccc1Cc1c(CC(N)C(=O)O)ccc(O)c1O. The molecule has 0 amide bonds. The molecule has 0 aliphatic rings. The van der Waals surface area contributed by atoms with Gasteiger partial charge in [-0.05, 0) is 29.7 Å². The lowest BCUT2D eigenvalue weighted by atomic mass is 9.94. The van der Waals surface area contributed by atoms with Crippen LogP contribution in [0.15, 0.2) is 36.4 Å². The van der Waals surface area contributed by atoms with E-state index in [-0.39, 0.29) is 24.3 Å². The van der Waals surface area contributed by atoms with E-state index in [2.05, 4.69) is 0 Å². The maximum absolute atomic E-state index is 11.2. The number of hydrogen-bond acceptors (Lipinski definition) is 6. The maximum atomic E-state index is 11.2. The largest absolute Gasteiger partial charge is 0.504 e. The smallest absolute Gasteiger partial charge is 0.320 e. The second-order valence-corrected chi connectivity index (χ2v) is 5.60. The van der Waals surface area contributed by atoms with E-state index in [1.807, 2.05) is 0 Å². The lowest BCUT2D eigenvalue weighted by Gasteiger charge is -2.16. The first-order valence-electron chi connectivity index (χ1n) is 7.57. The molecule has 1 unspecified atom stereocenters. The lowest BCUT2D eigenvalue weighted by Crippen LogP contribution is -2.32. The van der Waals surface area contributed by atoms with E-state index in [0.717, 1.165) is 0 Å². The van der Waals surface area contributed by atoms with E-state index in [0.29, 0.717) is 22.4 Å². The minimum atomic E-state index is -1.17. The highest BCUT2D eigenvalue weighted by Gasteiger charge is 2.19. The average molecular weight is 345 g/mol. The molecule has 0 aliphatic heterocycles. The van der Waals surface area contributed by atoms with Gasteiger partial charge in [-0.1, -0.05) is 24.3 Å². The Balaban J connectivity index is 2.43. The van der Waals surface area contributed by atoms with E-state index in [1.165, 1.54) is 19.1 Å². The van der Waals surface area contributed by atoms with Crippen molar-refractivity contribution < 1.29 is 29.6 Å². The number of esters is 1. The monoisotopic (exact) mass is 345 g/mol. The number of rotatable bonds is 6. The van der Waals surface area contributed by atoms with Gasteiger partial charge in [-0.25, -0.2) is 0 Å². The zero-order valence-corrected chi connectivity index (χ0v) is 13.6. The Morgan fingerprint density at radius 2 is 1.80 bits per heavy atom. The minimum absolute atomic E-state index is 0.0196. The highest BCUT2D eigenvalue weighted by Crippen LogP contribution is 2.35. The summed E-state index contributed by atoms with van der Waals surface area (Å²) in [6.45, 7) is 1.28. The van der Waals surface area contributed by atoms with Crippen molar-refractivity contribution in [2.75, 3.05) is 0 Å². The fourth-order valence-electron chi connectivity index (χ4n) is 2.47. The van der Waals surface area contributed by atoms with E-state index in [9.17, 15) is 19.8 Å². The molecule has 2 aromatic carbocycles. The predicted octanol–water partition coefficient (Wildman–Crippen LogP) is 1.57. The van der Waals surface area contributed by atoms with Crippen LogP contribution >= 0.6 is 0 Å². The first-order valence-corrected chi connectivity index (χ1v) is 7.57. The van der Waals surface area contributed by atoms with Crippen molar-refractivity contribution >= 4 is 11.9 Å². The molecular weight excluding hydrogens is 326 g/mol. The van der Waals surface area contributed by atoms with Crippen LogP contribution in [0, 0.1) is 0 Å². The number of para-hydroxylation sites is 1. The van der Waals surface area contributed by atoms with Gasteiger partial charge in [0.25, 0.3) is 0 Å². The Morgan fingerprint density at radius 3 is 2.44 bits per heavy atom. The highest BCUT2D eigenvalue weighted by molar-refractivity contribution is 5.74. The summed E-state index contributed by atoms with van der Waals surface area (Å²) < 4.78 is 5.15. The van der Waals surface area contributed by atoms with Crippen molar-refractivity contribution in [1.29, 1.82) is 0 Å². The summed E-state index contributed by atoms with van der Waals surface area (Å²) in [6, 6.07) is 8.41. The zero-order valence-electron chi connectivity index (χ0n) is 13.6. The molecule has 2 aromatic rings. The fraction of sp³-hybridized carbons (Fsp3) is 0.222. The molecule has 0 saturated carbocycles. The molecule has 0 bridgehead atoms. The molecule has 0 saturated heterocycles. The minimum Gasteiger partial charge on any atom is -0.504 e. The third-order valence-corrected chi connectivity index (χ3v) is 3.71. The van der Waals surface area contributed by atoms with Crippen molar-refractivity contribution in [2.24, 2.45) is 5.73 Å². The van der Waals surface area contributed by atoms with Gasteiger partial charge in [0.2, 0.25) is 0 Å². The number of benzene rings is 2. The molecule has 1 atom stereocenters. The standard InChI is InChI=1S/C18H19NO6/c1-10(20)25-16-5-3-2-4-12(16)8-13-11(9-14(19)18(23)24)6-7-15(21)17(13)22/h2-7,14,21-22H,8-9,19H2,1H3,(H,23,24). The first kappa shape index (κ1) is 18.3. The van der Waals surface area contributed by atoms with Gasteiger partial charge in [-0.15, -0.1) is 0 Å². The van der Waals surface area contributed by atoms with Crippen molar-refractivity contribution in [3.63, 3.8) is 0 Å². The number of aromatic hydroxyl groups is 2. The molecule has 5 N–H and O–H groups in total. The van der Waals surface area contributed by atoms with E-state index in [4.69, 9.17) is 15.6 Å². The highest BCUT2D eigenvalue weighted by atomic mass is 16.5. The van der Waals surface area contributed by atoms with E-state index < -0.39 is 18.0 Å². The van der Waals surface area contributed by atoms with E-state index in [1.54, 1.807) is 24.3 Å². The molecule has 0 heterocycles. The summed E-state index contributed by atoms with van der Waals surface area (Å²) in [5.74, 6) is -2.01. The first-order chi connectivity index (χ1) is 11.8. The quantitative estimate of drug-likeness (QED) is 0.355. The van der Waals surface area contributed by atoms with Crippen molar-refractivity contribution in [1.82, 2.24) is 0 Å². The number of hydrogen-bond donors (Lipinski definition) is 4. The van der Waals surface area contributed by atoms with Crippen LogP contribution in [0.25, 0.3) is 0 Å². The molecule has 7 nitrogen and oxygen atoms in total. The van der Waals surface area contributed by atoms with Gasteiger partial charge in [0.05, 0.1) is 0 Å². The van der Waals surface area contributed by atoms with Crippen LogP contribution in [-0.2, 0) is 22.4 Å². The number of carbonyl (C=O) groups excluding carboxylic acids is 1. The number of carbonyl (C=O) groups is 2.